The average molecular weight is 216 g/mol. The third-order valence-corrected chi connectivity index (χ3v) is 2.40. The van der Waals surface area contributed by atoms with Crippen LogP contribution in [0.5, 0.6) is 0 Å². The van der Waals surface area contributed by atoms with E-state index in [0.29, 0.717) is 5.69 Å². The van der Waals surface area contributed by atoms with Gasteiger partial charge in [-0.2, -0.15) is 4.39 Å². The summed E-state index contributed by atoms with van der Waals surface area (Å²) in [4.78, 5) is 3.52. The van der Waals surface area contributed by atoms with Crippen molar-refractivity contribution >= 4 is 11.4 Å². The predicted molar refractivity (Wildman–Crippen MR) is 63.3 cm³/mol. The van der Waals surface area contributed by atoms with Gasteiger partial charge in [-0.1, -0.05) is 25.1 Å². The lowest BCUT2D eigenvalue weighted by molar-refractivity contribution is 0.584. The minimum atomic E-state index is -0.473. The first kappa shape index (κ1) is 10.6. The molecule has 16 heavy (non-hydrogen) atoms. The van der Waals surface area contributed by atoms with Crippen LogP contribution in [-0.4, -0.2) is 4.98 Å². The summed E-state index contributed by atoms with van der Waals surface area (Å²) in [5.41, 5.74) is 2.93. The second-order valence-electron chi connectivity index (χ2n) is 3.50. The number of rotatable bonds is 3. The first-order valence-corrected chi connectivity index (χ1v) is 5.26. The average Bonchev–Trinajstić information content (AvgIpc) is 2.30. The van der Waals surface area contributed by atoms with Crippen molar-refractivity contribution in [3.8, 4) is 0 Å². The number of anilines is 2. The molecule has 0 unspecified atom stereocenters. The molecule has 0 amide bonds. The van der Waals surface area contributed by atoms with Crippen molar-refractivity contribution in [1.82, 2.24) is 4.98 Å². The van der Waals surface area contributed by atoms with Crippen LogP contribution in [0.25, 0.3) is 0 Å². The van der Waals surface area contributed by atoms with E-state index < -0.39 is 5.95 Å². The van der Waals surface area contributed by atoms with Crippen LogP contribution in [0.3, 0.4) is 0 Å². The van der Waals surface area contributed by atoms with Crippen molar-refractivity contribution < 1.29 is 4.39 Å². The molecule has 0 atom stereocenters. The summed E-state index contributed by atoms with van der Waals surface area (Å²) >= 11 is 0. The van der Waals surface area contributed by atoms with Gasteiger partial charge in [-0.05, 0) is 24.1 Å². The van der Waals surface area contributed by atoms with E-state index in [1.807, 2.05) is 18.2 Å². The maximum atomic E-state index is 12.9. The Labute approximate surface area is 94.2 Å². The van der Waals surface area contributed by atoms with Gasteiger partial charge in [0.25, 0.3) is 0 Å². The smallest absolute Gasteiger partial charge is 0.214 e. The Balaban J connectivity index is 2.26. The molecule has 1 N–H and O–H groups in total. The van der Waals surface area contributed by atoms with E-state index in [-0.39, 0.29) is 0 Å². The minimum Gasteiger partial charge on any atom is -0.355 e. The first-order valence-electron chi connectivity index (χ1n) is 5.26. The molecule has 3 heteroatoms. The lowest BCUT2D eigenvalue weighted by Gasteiger charge is -2.10. The van der Waals surface area contributed by atoms with E-state index >= 15 is 0 Å². The van der Waals surface area contributed by atoms with E-state index in [1.54, 1.807) is 6.07 Å². The maximum Gasteiger partial charge on any atom is 0.214 e. The van der Waals surface area contributed by atoms with Crippen molar-refractivity contribution in [3.05, 3.63) is 54.1 Å². The molecule has 0 spiro atoms. The zero-order valence-corrected chi connectivity index (χ0v) is 9.07. The van der Waals surface area contributed by atoms with E-state index in [2.05, 4.69) is 23.3 Å². The van der Waals surface area contributed by atoms with Crippen LogP contribution in [0.2, 0.25) is 0 Å². The lowest BCUT2D eigenvalue weighted by atomic mass is 10.1. The highest BCUT2D eigenvalue weighted by atomic mass is 19.1. The number of hydrogen-bond acceptors (Lipinski definition) is 2. The van der Waals surface area contributed by atoms with Gasteiger partial charge in [-0.15, -0.1) is 0 Å². The summed E-state index contributed by atoms with van der Waals surface area (Å²) in [6, 6.07) is 11.1. The Morgan fingerprint density at radius 3 is 2.81 bits per heavy atom. The highest BCUT2D eigenvalue weighted by Gasteiger charge is 2.00. The quantitative estimate of drug-likeness (QED) is 0.794. The van der Waals surface area contributed by atoms with Crippen LogP contribution in [0.15, 0.2) is 42.6 Å². The molecule has 2 nitrogen and oxygen atoms in total. The standard InChI is InChI=1S/C13H13FN2/c1-2-10-5-3-4-6-12(10)16-11-7-8-15-13(14)9-11/h3-9H,2H2,1H3,(H,15,16). The number of aromatic nitrogens is 1. The normalized spacial score (nSPS) is 10.1. The Morgan fingerprint density at radius 1 is 1.25 bits per heavy atom. The Morgan fingerprint density at radius 2 is 2.06 bits per heavy atom. The summed E-state index contributed by atoms with van der Waals surface area (Å²) < 4.78 is 12.9. The zero-order valence-electron chi connectivity index (χ0n) is 9.07. The fourth-order valence-corrected chi connectivity index (χ4v) is 1.59. The molecule has 2 aromatic rings. The van der Waals surface area contributed by atoms with Crippen LogP contribution in [0, 0.1) is 5.95 Å². The molecule has 82 valence electrons. The molecule has 0 fully saturated rings. The van der Waals surface area contributed by atoms with E-state index in [1.165, 1.54) is 17.8 Å². The number of hydrogen-bond donors (Lipinski definition) is 1. The van der Waals surface area contributed by atoms with Crippen molar-refractivity contribution in [2.75, 3.05) is 5.32 Å². The molecule has 0 radical (unpaired) electrons. The van der Waals surface area contributed by atoms with Gasteiger partial charge in [-0.3, -0.25) is 0 Å². The Hall–Kier alpha value is -1.90. The van der Waals surface area contributed by atoms with Gasteiger partial charge in [0.2, 0.25) is 5.95 Å². The van der Waals surface area contributed by atoms with Crippen LogP contribution in [-0.2, 0) is 6.42 Å². The van der Waals surface area contributed by atoms with Crippen LogP contribution in [0.1, 0.15) is 12.5 Å². The summed E-state index contributed by atoms with van der Waals surface area (Å²) in [5, 5.41) is 3.18. The minimum absolute atomic E-state index is 0.473. The molecule has 1 aromatic carbocycles. The molecule has 2 rings (SSSR count). The van der Waals surface area contributed by atoms with E-state index in [4.69, 9.17) is 0 Å². The molecular formula is C13H13FN2. The number of benzene rings is 1. The van der Waals surface area contributed by atoms with Crippen LogP contribution >= 0.6 is 0 Å². The second-order valence-corrected chi connectivity index (χ2v) is 3.50. The molecule has 0 aliphatic carbocycles. The zero-order chi connectivity index (χ0) is 11.4. The van der Waals surface area contributed by atoms with Gasteiger partial charge in [0.15, 0.2) is 0 Å². The molecule has 1 aromatic heterocycles. The predicted octanol–water partition coefficient (Wildman–Crippen LogP) is 3.53. The number of aryl methyl sites for hydroxylation is 1. The second kappa shape index (κ2) is 4.75. The van der Waals surface area contributed by atoms with Crippen molar-refractivity contribution in [2.45, 2.75) is 13.3 Å². The summed E-state index contributed by atoms with van der Waals surface area (Å²) in [6.07, 6.45) is 2.39. The molecule has 0 saturated carbocycles. The van der Waals surface area contributed by atoms with Gasteiger partial charge in [0.1, 0.15) is 0 Å². The third-order valence-electron chi connectivity index (χ3n) is 2.40. The van der Waals surface area contributed by atoms with Gasteiger partial charge in [0.05, 0.1) is 0 Å². The number of nitrogens with zero attached hydrogens (tertiary/aromatic N) is 1. The summed E-state index contributed by atoms with van der Waals surface area (Å²) in [7, 11) is 0. The van der Waals surface area contributed by atoms with E-state index in [0.717, 1.165) is 12.1 Å². The van der Waals surface area contributed by atoms with Crippen molar-refractivity contribution in [1.29, 1.82) is 0 Å². The Bertz CT molecular complexity index is 483. The first-order chi connectivity index (χ1) is 7.79. The maximum absolute atomic E-state index is 12.9. The molecule has 0 aliphatic heterocycles. The number of halogens is 1. The Kier molecular flexibility index (Phi) is 3.15. The number of para-hydroxylation sites is 1. The van der Waals surface area contributed by atoms with Crippen LogP contribution in [0.4, 0.5) is 15.8 Å². The molecule has 0 saturated heterocycles. The van der Waals surface area contributed by atoms with Gasteiger partial charge in [-0.25, -0.2) is 4.98 Å². The molecular weight excluding hydrogens is 203 g/mol. The number of nitrogens with one attached hydrogen (secondary N) is 1. The molecule has 0 aliphatic rings. The van der Waals surface area contributed by atoms with Crippen molar-refractivity contribution in [3.63, 3.8) is 0 Å². The SMILES string of the molecule is CCc1ccccc1Nc1ccnc(F)c1. The lowest BCUT2D eigenvalue weighted by Crippen LogP contribution is -1.95. The molecule has 0 bridgehead atoms. The monoisotopic (exact) mass is 216 g/mol. The highest BCUT2D eigenvalue weighted by Crippen LogP contribution is 2.20. The number of pyridine rings is 1. The summed E-state index contributed by atoms with van der Waals surface area (Å²) in [6.45, 7) is 2.09. The molecule has 1 heterocycles. The van der Waals surface area contributed by atoms with Gasteiger partial charge >= 0.3 is 0 Å². The van der Waals surface area contributed by atoms with Gasteiger partial charge < -0.3 is 5.32 Å². The van der Waals surface area contributed by atoms with Crippen LogP contribution < -0.4 is 5.32 Å². The van der Waals surface area contributed by atoms with Crippen molar-refractivity contribution in [2.24, 2.45) is 0 Å². The van der Waals surface area contributed by atoms with E-state index in [9.17, 15) is 4.39 Å². The van der Waals surface area contributed by atoms with Gasteiger partial charge in [0, 0.05) is 23.6 Å². The highest BCUT2D eigenvalue weighted by molar-refractivity contribution is 5.62. The largest absolute Gasteiger partial charge is 0.355 e. The third kappa shape index (κ3) is 2.37. The summed E-state index contributed by atoms with van der Waals surface area (Å²) in [5.74, 6) is -0.473. The topological polar surface area (TPSA) is 24.9 Å². The fraction of sp³-hybridized carbons (Fsp3) is 0.154. The fourth-order valence-electron chi connectivity index (χ4n) is 1.59.